The molecule has 1 aromatic heterocycles. The predicted octanol–water partition coefficient (Wildman–Crippen LogP) is 3.65. The standard InChI is InChI=1S/C15H20N2S/c1-3-4-12-5-7-13(8-6-12)14-10-18-15(17-14)9-11(2)16/h5-8,10-11H,3-4,9,16H2,1-2H3. The van der Waals surface area contributed by atoms with Gasteiger partial charge in [-0.1, -0.05) is 37.6 Å². The lowest BCUT2D eigenvalue weighted by atomic mass is 10.1. The van der Waals surface area contributed by atoms with Gasteiger partial charge in [0.2, 0.25) is 0 Å². The highest BCUT2D eigenvalue weighted by molar-refractivity contribution is 7.09. The lowest BCUT2D eigenvalue weighted by Crippen LogP contribution is -2.17. The number of nitrogens with two attached hydrogens (primary N) is 1. The number of thiazole rings is 1. The minimum atomic E-state index is 0.177. The first kappa shape index (κ1) is 13.2. The van der Waals surface area contributed by atoms with Crippen molar-refractivity contribution in [2.24, 2.45) is 5.73 Å². The van der Waals surface area contributed by atoms with Crippen LogP contribution in [-0.2, 0) is 12.8 Å². The Morgan fingerprint density at radius 2 is 2.00 bits per heavy atom. The molecule has 3 heteroatoms. The molecule has 0 spiro atoms. The Morgan fingerprint density at radius 1 is 1.28 bits per heavy atom. The second kappa shape index (κ2) is 6.12. The Kier molecular flexibility index (Phi) is 4.50. The van der Waals surface area contributed by atoms with Crippen molar-refractivity contribution in [3.63, 3.8) is 0 Å². The zero-order valence-corrected chi connectivity index (χ0v) is 11.8. The van der Waals surface area contributed by atoms with Crippen LogP contribution in [0.15, 0.2) is 29.6 Å². The van der Waals surface area contributed by atoms with Crippen molar-refractivity contribution in [1.29, 1.82) is 0 Å². The first-order valence-corrected chi connectivity index (χ1v) is 7.36. The molecule has 0 aliphatic carbocycles. The molecule has 2 N–H and O–H groups in total. The monoisotopic (exact) mass is 260 g/mol. The van der Waals surface area contributed by atoms with E-state index in [9.17, 15) is 0 Å². The van der Waals surface area contributed by atoms with Gasteiger partial charge in [0.05, 0.1) is 10.7 Å². The number of hydrogen-bond donors (Lipinski definition) is 1. The fourth-order valence-electron chi connectivity index (χ4n) is 1.94. The van der Waals surface area contributed by atoms with Crippen LogP contribution < -0.4 is 5.73 Å². The van der Waals surface area contributed by atoms with Crippen LogP contribution in [0.4, 0.5) is 0 Å². The maximum absolute atomic E-state index is 5.79. The molecule has 0 saturated heterocycles. The Morgan fingerprint density at radius 3 is 2.61 bits per heavy atom. The van der Waals surface area contributed by atoms with Crippen LogP contribution in [0.25, 0.3) is 11.3 Å². The van der Waals surface area contributed by atoms with Crippen molar-refractivity contribution in [3.05, 3.63) is 40.2 Å². The van der Waals surface area contributed by atoms with Crippen molar-refractivity contribution < 1.29 is 0 Å². The van der Waals surface area contributed by atoms with Gasteiger partial charge in [0.1, 0.15) is 0 Å². The SMILES string of the molecule is CCCc1ccc(-c2csc(CC(C)N)n2)cc1. The third-order valence-electron chi connectivity index (χ3n) is 2.84. The van der Waals surface area contributed by atoms with Crippen LogP contribution >= 0.6 is 11.3 Å². The molecule has 18 heavy (non-hydrogen) atoms. The molecule has 1 unspecified atom stereocenters. The molecule has 0 fully saturated rings. The highest BCUT2D eigenvalue weighted by Crippen LogP contribution is 2.23. The quantitative estimate of drug-likeness (QED) is 0.891. The van der Waals surface area contributed by atoms with Crippen LogP contribution in [0.2, 0.25) is 0 Å². The minimum Gasteiger partial charge on any atom is -0.328 e. The van der Waals surface area contributed by atoms with Crippen molar-refractivity contribution in [3.8, 4) is 11.3 Å². The summed E-state index contributed by atoms with van der Waals surface area (Å²) in [7, 11) is 0. The Labute approximate surface area is 113 Å². The second-order valence-electron chi connectivity index (χ2n) is 4.75. The van der Waals surface area contributed by atoms with Crippen LogP contribution in [0, 0.1) is 0 Å². The highest BCUT2D eigenvalue weighted by atomic mass is 32.1. The maximum atomic E-state index is 5.79. The zero-order chi connectivity index (χ0) is 13.0. The molecule has 1 aromatic carbocycles. The van der Waals surface area contributed by atoms with Crippen molar-refractivity contribution in [2.75, 3.05) is 0 Å². The van der Waals surface area contributed by atoms with Gasteiger partial charge >= 0.3 is 0 Å². The largest absolute Gasteiger partial charge is 0.328 e. The average molecular weight is 260 g/mol. The van der Waals surface area contributed by atoms with E-state index in [2.05, 4.69) is 41.6 Å². The lowest BCUT2D eigenvalue weighted by molar-refractivity contribution is 0.734. The lowest BCUT2D eigenvalue weighted by Gasteiger charge is -2.01. The zero-order valence-electron chi connectivity index (χ0n) is 11.0. The van der Waals surface area contributed by atoms with Crippen molar-refractivity contribution in [2.45, 2.75) is 39.2 Å². The maximum Gasteiger partial charge on any atom is 0.0947 e. The van der Waals surface area contributed by atoms with Gasteiger partial charge in [-0.05, 0) is 18.9 Å². The first-order valence-electron chi connectivity index (χ1n) is 6.48. The summed E-state index contributed by atoms with van der Waals surface area (Å²) in [6.45, 7) is 4.22. The Bertz CT molecular complexity index is 485. The Hall–Kier alpha value is -1.19. The molecule has 96 valence electrons. The molecule has 2 nitrogen and oxygen atoms in total. The molecular weight excluding hydrogens is 240 g/mol. The van der Waals surface area contributed by atoms with Crippen LogP contribution in [-0.4, -0.2) is 11.0 Å². The molecular formula is C15H20N2S. The van der Waals surface area contributed by atoms with E-state index < -0.39 is 0 Å². The average Bonchev–Trinajstić information content (AvgIpc) is 2.78. The summed E-state index contributed by atoms with van der Waals surface area (Å²) < 4.78 is 0. The molecule has 0 aliphatic rings. The predicted molar refractivity (Wildman–Crippen MR) is 78.9 cm³/mol. The van der Waals surface area contributed by atoms with E-state index >= 15 is 0 Å². The van der Waals surface area contributed by atoms with Gasteiger partial charge in [0.25, 0.3) is 0 Å². The topological polar surface area (TPSA) is 38.9 Å². The number of hydrogen-bond acceptors (Lipinski definition) is 3. The first-order chi connectivity index (χ1) is 8.69. The third kappa shape index (κ3) is 3.40. The summed E-state index contributed by atoms with van der Waals surface area (Å²) >= 11 is 1.70. The van der Waals surface area contributed by atoms with Crippen LogP contribution in [0.5, 0.6) is 0 Å². The molecule has 0 aliphatic heterocycles. The van der Waals surface area contributed by atoms with Gasteiger partial charge in [0, 0.05) is 23.4 Å². The summed E-state index contributed by atoms with van der Waals surface area (Å²) in [5, 5.41) is 3.24. The molecule has 2 aromatic rings. The summed E-state index contributed by atoms with van der Waals surface area (Å²) in [6.07, 6.45) is 3.19. The van der Waals surface area contributed by atoms with E-state index in [-0.39, 0.29) is 6.04 Å². The van der Waals surface area contributed by atoms with Gasteiger partial charge in [-0.15, -0.1) is 11.3 Å². The molecule has 2 rings (SSSR count). The van der Waals surface area contributed by atoms with E-state index in [0.717, 1.165) is 23.5 Å². The molecule has 0 bridgehead atoms. The number of rotatable bonds is 5. The fourth-order valence-corrected chi connectivity index (χ4v) is 2.89. The molecule has 0 radical (unpaired) electrons. The van der Waals surface area contributed by atoms with Crippen LogP contribution in [0.3, 0.4) is 0 Å². The molecule has 0 amide bonds. The van der Waals surface area contributed by atoms with Crippen LogP contribution in [0.1, 0.15) is 30.8 Å². The van der Waals surface area contributed by atoms with Gasteiger partial charge in [-0.2, -0.15) is 0 Å². The van der Waals surface area contributed by atoms with Gasteiger partial charge < -0.3 is 5.73 Å². The van der Waals surface area contributed by atoms with Crippen molar-refractivity contribution >= 4 is 11.3 Å². The normalized spacial score (nSPS) is 12.6. The summed E-state index contributed by atoms with van der Waals surface area (Å²) in [5.74, 6) is 0. The van der Waals surface area contributed by atoms with Gasteiger partial charge in [-0.3, -0.25) is 0 Å². The van der Waals surface area contributed by atoms with E-state index in [1.165, 1.54) is 17.5 Å². The van der Waals surface area contributed by atoms with E-state index in [1.807, 2.05) is 6.92 Å². The number of nitrogens with zero attached hydrogens (tertiary/aromatic N) is 1. The minimum absolute atomic E-state index is 0.177. The van der Waals surface area contributed by atoms with E-state index in [0.29, 0.717) is 0 Å². The smallest absolute Gasteiger partial charge is 0.0947 e. The number of aryl methyl sites for hydroxylation is 1. The fraction of sp³-hybridized carbons (Fsp3) is 0.400. The summed E-state index contributed by atoms with van der Waals surface area (Å²) in [4.78, 5) is 4.63. The summed E-state index contributed by atoms with van der Waals surface area (Å²) in [5.41, 5.74) is 9.45. The van der Waals surface area contributed by atoms with E-state index in [1.54, 1.807) is 11.3 Å². The van der Waals surface area contributed by atoms with Crippen molar-refractivity contribution in [1.82, 2.24) is 4.98 Å². The second-order valence-corrected chi connectivity index (χ2v) is 5.70. The number of benzene rings is 1. The molecule has 1 heterocycles. The highest BCUT2D eigenvalue weighted by Gasteiger charge is 2.06. The van der Waals surface area contributed by atoms with E-state index in [4.69, 9.17) is 5.73 Å². The van der Waals surface area contributed by atoms with Gasteiger partial charge in [-0.25, -0.2) is 4.98 Å². The molecule has 1 atom stereocenters. The van der Waals surface area contributed by atoms with Gasteiger partial charge in [0.15, 0.2) is 0 Å². The number of aromatic nitrogens is 1. The molecule has 0 saturated carbocycles. The summed E-state index contributed by atoms with van der Waals surface area (Å²) in [6, 6.07) is 8.90. The third-order valence-corrected chi connectivity index (χ3v) is 3.71. The Balaban J connectivity index is 2.13.